The number of nitrogens with zero attached hydrogens (tertiary/aromatic N) is 6. The lowest BCUT2D eigenvalue weighted by Crippen LogP contribution is -2.45. The molecule has 1 aliphatic rings. The van der Waals surface area contributed by atoms with Gasteiger partial charge in [-0.2, -0.15) is 10.2 Å². The van der Waals surface area contributed by atoms with Gasteiger partial charge in [-0.3, -0.25) is 13.9 Å². The van der Waals surface area contributed by atoms with Crippen LogP contribution in [0.2, 0.25) is 0 Å². The number of aromatic nitrogens is 4. The third kappa shape index (κ3) is 2.50. The van der Waals surface area contributed by atoms with Crippen LogP contribution in [0.15, 0.2) is 14.1 Å². The molecule has 0 unspecified atom stereocenters. The number of hydrogen-bond donors (Lipinski definition) is 0. The maximum atomic E-state index is 12.3. The summed E-state index contributed by atoms with van der Waals surface area (Å²) in [6.45, 7) is 2.92. The molecular formula is C15H18N6O3. The van der Waals surface area contributed by atoms with Crippen LogP contribution in [0.1, 0.15) is 36.0 Å². The van der Waals surface area contributed by atoms with Gasteiger partial charge < -0.3 is 9.42 Å². The average Bonchev–Trinajstić information content (AvgIpc) is 3.02. The van der Waals surface area contributed by atoms with Crippen LogP contribution in [0.25, 0.3) is 0 Å². The Labute approximate surface area is 137 Å². The molecule has 0 N–H and O–H groups in total. The smallest absolute Gasteiger partial charge is 0.332 e. The first-order valence-corrected chi connectivity index (χ1v) is 7.69. The highest BCUT2D eigenvalue weighted by Crippen LogP contribution is 2.29. The Kier molecular flexibility index (Phi) is 3.97. The van der Waals surface area contributed by atoms with Gasteiger partial charge in [-0.05, 0) is 19.8 Å². The summed E-state index contributed by atoms with van der Waals surface area (Å²) in [6, 6.07) is 1.94. The highest BCUT2D eigenvalue weighted by atomic mass is 16.5. The Morgan fingerprint density at radius 1 is 1.29 bits per heavy atom. The Balaban J connectivity index is 2.05. The molecule has 2 aromatic rings. The van der Waals surface area contributed by atoms with Crippen LogP contribution in [0, 0.1) is 18.3 Å². The monoisotopic (exact) mass is 330 g/mol. The Morgan fingerprint density at radius 2 is 2.04 bits per heavy atom. The molecule has 0 bridgehead atoms. The third-order valence-electron chi connectivity index (χ3n) is 4.36. The number of anilines is 1. The Bertz CT molecular complexity index is 932. The van der Waals surface area contributed by atoms with Crippen molar-refractivity contribution < 1.29 is 4.52 Å². The number of aryl methyl sites for hydroxylation is 1. The SMILES string of the molecule is Cc1noc([C@H]2CCCN(c3c(C#N)c(=O)n(C)c(=O)n3C)C2)n1. The number of piperidine rings is 1. The lowest BCUT2D eigenvalue weighted by Gasteiger charge is -2.34. The minimum Gasteiger partial charge on any atom is -0.356 e. The second-order valence-electron chi connectivity index (χ2n) is 5.98. The van der Waals surface area contributed by atoms with Crippen molar-refractivity contribution in [3.63, 3.8) is 0 Å². The molecule has 9 nitrogen and oxygen atoms in total. The van der Waals surface area contributed by atoms with Crippen molar-refractivity contribution in [3.05, 3.63) is 38.1 Å². The summed E-state index contributed by atoms with van der Waals surface area (Å²) in [7, 11) is 2.94. The topological polar surface area (TPSA) is 110 Å². The van der Waals surface area contributed by atoms with E-state index in [0.717, 1.165) is 17.4 Å². The van der Waals surface area contributed by atoms with Crippen molar-refractivity contribution in [1.82, 2.24) is 19.3 Å². The minimum atomic E-state index is -0.577. The molecule has 0 spiro atoms. The second-order valence-corrected chi connectivity index (χ2v) is 5.98. The highest BCUT2D eigenvalue weighted by molar-refractivity contribution is 5.54. The van der Waals surface area contributed by atoms with Gasteiger partial charge in [0, 0.05) is 27.2 Å². The van der Waals surface area contributed by atoms with Gasteiger partial charge in [0.15, 0.2) is 11.4 Å². The molecule has 24 heavy (non-hydrogen) atoms. The Hall–Kier alpha value is -2.89. The molecule has 0 radical (unpaired) electrons. The van der Waals surface area contributed by atoms with Crippen molar-refractivity contribution in [2.75, 3.05) is 18.0 Å². The third-order valence-corrected chi connectivity index (χ3v) is 4.36. The van der Waals surface area contributed by atoms with Gasteiger partial charge in [0.2, 0.25) is 5.89 Å². The van der Waals surface area contributed by atoms with Crippen molar-refractivity contribution in [3.8, 4) is 6.07 Å². The largest absolute Gasteiger partial charge is 0.356 e. The van der Waals surface area contributed by atoms with E-state index in [9.17, 15) is 14.9 Å². The van der Waals surface area contributed by atoms with Crippen LogP contribution >= 0.6 is 0 Å². The van der Waals surface area contributed by atoms with Gasteiger partial charge in [0.1, 0.15) is 11.9 Å². The minimum absolute atomic E-state index is 0.00523. The van der Waals surface area contributed by atoms with Crippen LogP contribution < -0.4 is 16.1 Å². The maximum Gasteiger partial charge on any atom is 0.332 e. The molecule has 126 valence electrons. The standard InChI is InChI=1S/C15H18N6O3/c1-9-17-12(24-18-9)10-5-4-6-21(8-10)13-11(7-16)14(22)20(3)15(23)19(13)2/h10H,4-6,8H2,1-3H3/t10-/m0/s1. The van der Waals surface area contributed by atoms with Gasteiger partial charge in [-0.1, -0.05) is 5.16 Å². The molecule has 3 heterocycles. The summed E-state index contributed by atoms with van der Waals surface area (Å²) in [6.07, 6.45) is 1.71. The fraction of sp³-hybridized carbons (Fsp3) is 0.533. The van der Waals surface area contributed by atoms with E-state index in [0.29, 0.717) is 30.6 Å². The molecule has 9 heteroatoms. The van der Waals surface area contributed by atoms with Gasteiger partial charge in [0.25, 0.3) is 5.56 Å². The lowest BCUT2D eigenvalue weighted by molar-refractivity contribution is 0.330. The number of nitriles is 1. The first kappa shape index (κ1) is 16.0. The predicted octanol–water partition coefficient (Wildman–Crippen LogP) is 0.0311. The molecule has 3 rings (SSSR count). The highest BCUT2D eigenvalue weighted by Gasteiger charge is 2.29. The van der Waals surface area contributed by atoms with Gasteiger partial charge >= 0.3 is 5.69 Å². The zero-order valence-corrected chi connectivity index (χ0v) is 13.8. The first-order valence-electron chi connectivity index (χ1n) is 7.69. The predicted molar refractivity (Wildman–Crippen MR) is 84.9 cm³/mol. The molecule has 1 fully saturated rings. The van der Waals surface area contributed by atoms with Crippen LogP contribution in [-0.4, -0.2) is 32.4 Å². The quantitative estimate of drug-likeness (QED) is 0.764. The van der Waals surface area contributed by atoms with Crippen LogP contribution in [0.5, 0.6) is 0 Å². The van der Waals surface area contributed by atoms with Crippen LogP contribution in [0.3, 0.4) is 0 Å². The second kappa shape index (κ2) is 5.96. The van der Waals surface area contributed by atoms with E-state index in [4.69, 9.17) is 4.52 Å². The summed E-state index contributed by atoms with van der Waals surface area (Å²) in [5, 5.41) is 13.2. The molecular weight excluding hydrogens is 312 g/mol. The summed E-state index contributed by atoms with van der Waals surface area (Å²) in [5.74, 6) is 1.47. The van der Waals surface area contributed by atoms with Gasteiger partial charge in [0.05, 0.1) is 5.92 Å². The Morgan fingerprint density at radius 3 is 2.67 bits per heavy atom. The van der Waals surface area contributed by atoms with Crippen LogP contribution in [-0.2, 0) is 14.1 Å². The van der Waals surface area contributed by atoms with E-state index in [2.05, 4.69) is 10.1 Å². The summed E-state index contributed by atoms with van der Waals surface area (Å²) < 4.78 is 7.55. The van der Waals surface area contributed by atoms with Crippen molar-refractivity contribution in [1.29, 1.82) is 5.26 Å². The lowest BCUT2D eigenvalue weighted by atomic mass is 9.97. The molecule has 1 atom stereocenters. The molecule has 0 saturated carbocycles. The van der Waals surface area contributed by atoms with Crippen LogP contribution in [0.4, 0.5) is 5.82 Å². The van der Waals surface area contributed by atoms with Crippen molar-refractivity contribution >= 4 is 5.82 Å². The van der Waals surface area contributed by atoms with E-state index in [1.54, 1.807) is 14.0 Å². The molecule has 2 aromatic heterocycles. The molecule has 0 aliphatic carbocycles. The average molecular weight is 330 g/mol. The van der Waals surface area contributed by atoms with E-state index in [-0.39, 0.29) is 11.5 Å². The zero-order valence-electron chi connectivity index (χ0n) is 13.8. The fourth-order valence-electron chi connectivity index (χ4n) is 3.15. The van der Waals surface area contributed by atoms with Crippen molar-refractivity contribution in [2.24, 2.45) is 14.1 Å². The van der Waals surface area contributed by atoms with Gasteiger partial charge in [-0.15, -0.1) is 0 Å². The fourth-order valence-corrected chi connectivity index (χ4v) is 3.15. The van der Waals surface area contributed by atoms with E-state index < -0.39 is 11.2 Å². The number of rotatable bonds is 2. The normalized spacial score (nSPS) is 17.8. The van der Waals surface area contributed by atoms with E-state index in [1.165, 1.54) is 11.6 Å². The summed E-state index contributed by atoms with van der Waals surface area (Å²) in [4.78, 5) is 30.6. The van der Waals surface area contributed by atoms with E-state index >= 15 is 0 Å². The summed E-state index contributed by atoms with van der Waals surface area (Å²) in [5.41, 5.74) is -1.06. The molecule has 0 amide bonds. The molecule has 1 aliphatic heterocycles. The number of hydrogen-bond acceptors (Lipinski definition) is 7. The first-order chi connectivity index (χ1) is 11.4. The van der Waals surface area contributed by atoms with Gasteiger partial charge in [-0.25, -0.2) is 4.79 Å². The zero-order chi connectivity index (χ0) is 17.4. The molecule has 0 aromatic carbocycles. The summed E-state index contributed by atoms with van der Waals surface area (Å²) >= 11 is 0. The maximum absolute atomic E-state index is 12.3. The van der Waals surface area contributed by atoms with E-state index in [1.807, 2.05) is 11.0 Å². The molecule has 1 saturated heterocycles. The van der Waals surface area contributed by atoms with Crippen molar-refractivity contribution in [2.45, 2.75) is 25.7 Å².